The first-order valence-electron chi connectivity index (χ1n) is 4.21. The van der Waals surface area contributed by atoms with Crippen molar-refractivity contribution in [3.05, 3.63) is 24.3 Å². The van der Waals surface area contributed by atoms with Crippen molar-refractivity contribution in [3.63, 3.8) is 0 Å². The fourth-order valence-corrected chi connectivity index (χ4v) is 1.84. The maximum Gasteiger partial charge on any atom is 0.0850 e. The molecule has 0 aromatic heterocycles. The van der Waals surface area contributed by atoms with Gasteiger partial charge in [-0.15, -0.1) is 0 Å². The molecule has 1 heteroatoms. The Morgan fingerprint density at radius 3 is 3.00 bits per heavy atom. The van der Waals surface area contributed by atoms with Gasteiger partial charge in [-0.05, 0) is 5.92 Å². The SMILES string of the molecule is CC1COC2C=CC=CC12C. The van der Waals surface area contributed by atoms with E-state index in [4.69, 9.17) is 4.74 Å². The second kappa shape index (κ2) is 2.21. The van der Waals surface area contributed by atoms with Crippen LogP contribution in [0.15, 0.2) is 24.3 Å². The standard InChI is InChI=1S/C10H14O/c1-8-7-11-9-5-3-4-6-10(8,9)2/h3-6,8-9H,7H2,1-2H3. The van der Waals surface area contributed by atoms with Gasteiger partial charge in [-0.3, -0.25) is 0 Å². The molecule has 1 fully saturated rings. The van der Waals surface area contributed by atoms with Crippen LogP contribution in [0.5, 0.6) is 0 Å². The summed E-state index contributed by atoms with van der Waals surface area (Å²) in [5.41, 5.74) is 0.259. The second-order valence-electron chi connectivity index (χ2n) is 3.77. The maximum atomic E-state index is 5.63. The molecule has 60 valence electrons. The molecule has 3 atom stereocenters. The maximum absolute atomic E-state index is 5.63. The molecule has 1 aliphatic heterocycles. The van der Waals surface area contributed by atoms with Gasteiger partial charge in [0.2, 0.25) is 0 Å². The van der Waals surface area contributed by atoms with Gasteiger partial charge >= 0.3 is 0 Å². The molecule has 3 unspecified atom stereocenters. The number of hydrogen-bond donors (Lipinski definition) is 0. The van der Waals surface area contributed by atoms with Crippen LogP contribution in [0.3, 0.4) is 0 Å². The lowest BCUT2D eigenvalue weighted by Crippen LogP contribution is -2.29. The first-order valence-corrected chi connectivity index (χ1v) is 4.21. The van der Waals surface area contributed by atoms with Crippen molar-refractivity contribution in [2.45, 2.75) is 20.0 Å². The lowest BCUT2D eigenvalue weighted by Gasteiger charge is -2.30. The van der Waals surface area contributed by atoms with Crippen LogP contribution in [0.1, 0.15) is 13.8 Å². The van der Waals surface area contributed by atoms with Gasteiger partial charge in [-0.25, -0.2) is 0 Å². The van der Waals surface area contributed by atoms with Gasteiger partial charge in [0.25, 0.3) is 0 Å². The van der Waals surface area contributed by atoms with E-state index in [1.54, 1.807) is 0 Å². The third-order valence-corrected chi connectivity index (χ3v) is 3.05. The zero-order chi connectivity index (χ0) is 7.90. The quantitative estimate of drug-likeness (QED) is 0.514. The molecule has 2 rings (SSSR count). The molecule has 0 saturated carbocycles. The van der Waals surface area contributed by atoms with E-state index < -0.39 is 0 Å². The number of fused-ring (bicyclic) bond motifs is 1. The van der Waals surface area contributed by atoms with Gasteiger partial charge in [0, 0.05) is 5.41 Å². The van der Waals surface area contributed by atoms with Crippen LogP contribution in [-0.2, 0) is 4.74 Å². The summed E-state index contributed by atoms with van der Waals surface area (Å²) in [4.78, 5) is 0. The van der Waals surface area contributed by atoms with Crippen molar-refractivity contribution < 1.29 is 4.74 Å². The van der Waals surface area contributed by atoms with Crippen molar-refractivity contribution in [2.75, 3.05) is 6.61 Å². The summed E-state index contributed by atoms with van der Waals surface area (Å²) in [7, 11) is 0. The number of allylic oxidation sites excluding steroid dienone is 2. The smallest absolute Gasteiger partial charge is 0.0850 e. The Morgan fingerprint density at radius 2 is 2.27 bits per heavy atom. The number of ether oxygens (including phenoxy) is 1. The molecule has 1 aliphatic carbocycles. The molecule has 0 spiro atoms. The molecule has 0 bridgehead atoms. The van der Waals surface area contributed by atoms with Crippen LogP contribution in [0.25, 0.3) is 0 Å². The normalized spacial score (nSPS) is 47.8. The van der Waals surface area contributed by atoms with E-state index >= 15 is 0 Å². The minimum atomic E-state index is 0.259. The molecular weight excluding hydrogens is 136 g/mol. The molecule has 1 nitrogen and oxygen atoms in total. The van der Waals surface area contributed by atoms with E-state index in [0.29, 0.717) is 12.0 Å². The fourth-order valence-electron chi connectivity index (χ4n) is 1.84. The van der Waals surface area contributed by atoms with E-state index in [2.05, 4.69) is 38.2 Å². The van der Waals surface area contributed by atoms with E-state index in [-0.39, 0.29) is 5.41 Å². The Labute approximate surface area is 67.7 Å². The third kappa shape index (κ3) is 0.875. The molecule has 0 N–H and O–H groups in total. The lowest BCUT2D eigenvalue weighted by atomic mass is 9.74. The van der Waals surface area contributed by atoms with Crippen molar-refractivity contribution >= 4 is 0 Å². The summed E-state index contributed by atoms with van der Waals surface area (Å²) in [5.74, 6) is 0.647. The highest BCUT2D eigenvalue weighted by molar-refractivity contribution is 5.23. The Bertz CT molecular complexity index is 217. The Balaban J connectivity index is 2.33. The molecular formula is C10H14O. The Morgan fingerprint density at radius 1 is 1.45 bits per heavy atom. The molecule has 0 amide bonds. The van der Waals surface area contributed by atoms with Gasteiger partial charge in [0.1, 0.15) is 0 Å². The van der Waals surface area contributed by atoms with Crippen LogP contribution in [0, 0.1) is 11.3 Å². The summed E-state index contributed by atoms with van der Waals surface area (Å²) in [6.07, 6.45) is 8.95. The predicted octanol–water partition coefficient (Wildman–Crippen LogP) is 2.15. The minimum absolute atomic E-state index is 0.259. The monoisotopic (exact) mass is 150 g/mol. The number of hydrogen-bond acceptors (Lipinski definition) is 1. The van der Waals surface area contributed by atoms with Crippen LogP contribution in [0.4, 0.5) is 0 Å². The largest absolute Gasteiger partial charge is 0.373 e. The Hall–Kier alpha value is -0.560. The average Bonchev–Trinajstić information content (AvgIpc) is 2.29. The first kappa shape index (κ1) is 7.11. The van der Waals surface area contributed by atoms with E-state index in [9.17, 15) is 0 Å². The minimum Gasteiger partial charge on any atom is -0.373 e. The summed E-state index contributed by atoms with van der Waals surface area (Å²) in [6, 6.07) is 0. The average molecular weight is 150 g/mol. The fraction of sp³-hybridized carbons (Fsp3) is 0.600. The van der Waals surface area contributed by atoms with Gasteiger partial charge in [0.15, 0.2) is 0 Å². The zero-order valence-corrected chi connectivity index (χ0v) is 7.08. The second-order valence-corrected chi connectivity index (χ2v) is 3.77. The molecule has 1 heterocycles. The van der Waals surface area contributed by atoms with Crippen LogP contribution < -0.4 is 0 Å². The summed E-state index contributed by atoms with van der Waals surface area (Å²) in [6.45, 7) is 5.43. The summed E-state index contributed by atoms with van der Waals surface area (Å²) in [5, 5.41) is 0. The summed E-state index contributed by atoms with van der Waals surface area (Å²) >= 11 is 0. The Kier molecular flexibility index (Phi) is 1.43. The predicted molar refractivity (Wildman–Crippen MR) is 45.3 cm³/mol. The van der Waals surface area contributed by atoms with Crippen molar-refractivity contribution in [1.29, 1.82) is 0 Å². The highest BCUT2D eigenvalue weighted by Gasteiger charge is 2.42. The van der Waals surface area contributed by atoms with Crippen molar-refractivity contribution in [2.24, 2.45) is 11.3 Å². The summed E-state index contributed by atoms with van der Waals surface area (Å²) < 4.78 is 5.63. The van der Waals surface area contributed by atoms with Crippen molar-refractivity contribution in [3.8, 4) is 0 Å². The molecule has 0 radical (unpaired) electrons. The van der Waals surface area contributed by atoms with Gasteiger partial charge in [-0.2, -0.15) is 0 Å². The van der Waals surface area contributed by atoms with E-state index in [1.165, 1.54) is 0 Å². The highest BCUT2D eigenvalue weighted by Crippen LogP contribution is 2.42. The van der Waals surface area contributed by atoms with E-state index in [1.807, 2.05) is 0 Å². The molecule has 0 aromatic rings. The van der Waals surface area contributed by atoms with Crippen molar-refractivity contribution in [1.82, 2.24) is 0 Å². The van der Waals surface area contributed by atoms with Gasteiger partial charge in [0.05, 0.1) is 12.7 Å². The highest BCUT2D eigenvalue weighted by atomic mass is 16.5. The van der Waals surface area contributed by atoms with Crippen LogP contribution in [0.2, 0.25) is 0 Å². The molecule has 11 heavy (non-hydrogen) atoms. The molecule has 1 saturated heterocycles. The van der Waals surface area contributed by atoms with Crippen LogP contribution >= 0.6 is 0 Å². The first-order chi connectivity index (χ1) is 5.23. The zero-order valence-electron chi connectivity index (χ0n) is 7.08. The van der Waals surface area contributed by atoms with Gasteiger partial charge in [-0.1, -0.05) is 38.2 Å². The van der Waals surface area contributed by atoms with Crippen LogP contribution in [-0.4, -0.2) is 12.7 Å². The van der Waals surface area contributed by atoms with E-state index in [0.717, 1.165) is 6.61 Å². The lowest BCUT2D eigenvalue weighted by molar-refractivity contribution is 0.112. The van der Waals surface area contributed by atoms with Gasteiger partial charge < -0.3 is 4.74 Å². The topological polar surface area (TPSA) is 9.23 Å². The number of rotatable bonds is 0. The molecule has 0 aromatic carbocycles. The third-order valence-electron chi connectivity index (χ3n) is 3.05. The molecule has 2 aliphatic rings.